The monoisotopic (exact) mass is 198 g/mol. The van der Waals surface area contributed by atoms with Crippen LogP contribution in [0.25, 0.3) is 0 Å². The van der Waals surface area contributed by atoms with Crippen LogP contribution >= 0.6 is 0 Å². The summed E-state index contributed by atoms with van der Waals surface area (Å²) in [4.78, 5) is 32.9. The van der Waals surface area contributed by atoms with Crippen LogP contribution in [0.15, 0.2) is 15.7 Å². The predicted molar refractivity (Wildman–Crippen MR) is 48.3 cm³/mol. The highest BCUT2D eigenvalue weighted by molar-refractivity contribution is 5.66. The van der Waals surface area contributed by atoms with Crippen molar-refractivity contribution in [3.05, 3.63) is 32.6 Å². The van der Waals surface area contributed by atoms with Crippen LogP contribution in [-0.4, -0.2) is 20.2 Å². The van der Waals surface area contributed by atoms with Gasteiger partial charge in [0.1, 0.15) is 6.54 Å². The molecule has 0 bridgehead atoms. The van der Waals surface area contributed by atoms with Crippen LogP contribution in [0.1, 0.15) is 5.69 Å². The molecule has 1 heterocycles. The van der Waals surface area contributed by atoms with E-state index in [1.807, 2.05) is 0 Å². The molecule has 0 fully saturated rings. The van der Waals surface area contributed by atoms with Crippen molar-refractivity contribution >= 4 is 5.97 Å². The number of carboxylic acid groups (broad SMARTS) is 1. The van der Waals surface area contributed by atoms with E-state index in [-0.39, 0.29) is 0 Å². The zero-order chi connectivity index (χ0) is 10.9. The van der Waals surface area contributed by atoms with Gasteiger partial charge < -0.3 is 5.11 Å². The first kappa shape index (κ1) is 10.2. The lowest BCUT2D eigenvalue weighted by Crippen LogP contribution is -2.39. The van der Waals surface area contributed by atoms with E-state index in [1.165, 1.54) is 20.0 Å². The Hall–Kier alpha value is -1.85. The smallest absolute Gasteiger partial charge is 0.331 e. The third-order valence-electron chi connectivity index (χ3n) is 1.90. The number of aryl methyl sites for hydroxylation is 1. The second kappa shape index (κ2) is 3.49. The van der Waals surface area contributed by atoms with Crippen molar-refractivity contribution in [2.45, 2.75) is 13.5 Å². The van der Waals surface area contributed by atoms with Crippen molar-refractivity contribution in [1.82, 2.24) is 9.13 Å². The highest BCUT2D eigenvalue weighted by Crippen LogP contribution is 1.89. The van der Waals surface area contributed by atoms with E-state index in [0.717, 1.165) is 9.13 Å². The first-order valence-corrected chi connectivity index (χ1v) is 3.92. The van der Waals surface area contributed by atoms with Gasteiger partial charge in [0.2, 0.25) is 0 Å². The number of hydrogen-bond donors (Lipinski definition) is 1. The zero-order valence-electron chi connectivity index (χ0n) is 7.85. The molecule has 0 aliphatic carbocycles. The van der Waals surface area contributed by atoms with Gasteiger partial charge in [-0.2, -0.15) is 0 Å². The lowest BCUT2D eigenvalue weighted by Gasteiger charge is -2.07. The Morgan fingerprint density at radius 3 is 2.57 bits per heavy atom. The van der Waals surface area contributed by atoms with Gasteiger partial charge in [0.05, 0.1) is 0 Å². The molecule has 1 aromatic heterocycles. The Morgan fingerprint density at radius 1 is 1.50 bits per heavy atom. The first-order valence-electron chi connectivity index (χ1n) is 3.92. The van der Waals surface area contributed by atoms with Crippen LogP contribution in [0.2, 0.25) is 0 Å². The molecule has 0 saturated heterocycles. The van der Waals surface area contributed by atoms with Crippen LogP contribution in [0.3, 0.4) is 0 Å². The maximum Gasteiger partial charge on any atom is 0.331 e. The predicted octanol–water partition coefficient (Wildman–Crippen LogP) is -1.06. The van der Waals surface area contributed by atoms with Crippen molar-refractivity contribution in [1.29, 1.82) is 0 Å². The summed E-state index contributed by atoms with van der Waals surface area (Å²) < 4.78 is 1.90. The number of nitrogens with zero attached hydrogens (tertiary/aromatic N) is 2. The topological polar surface area (TPSA) is 81.3 Å². The van der Waals surface area contributed by atoms with E-state index in [0.29, 0.717) is 5.69 Å². The quantitative estimate of drug-likeness (QED) is 0.656. The van der Waals surface area contributed by atoms with E-state index in [9.17, 15) is 14.4 Å². The van der Waals surface area contributed by atoms with E-state index in [4.69, 9.17) is 5.11 Å². The third kappa shape index (κ3) is 1.73. The van der Waals surface area contributed by atoms with Crippen molar-refractivity contribution in [3.63, 3.8) is 0 Å². The minimum atomic E-state index is -1.12. The van der Waals surface area contributed by atoms with E-state index in [2.05, 4.69) is 0 Å². The second-order valence-corrected chi connectivity index (χ2v) is 2.95. The molecule has 0 radical (unpaired) electrons. The highest BCUT2D eigenvalue weighted by atomic mass is 16.4. The van der Waals surface area contributed by atoms with Crippen LogP contribution in [0.5, 0.6) is 0 Å². The summed E-state index contributed by atoms with van der Waals surface area (Å²) in [5.41, 5.74) is -0.702. The minimum absolute atomic E-state index is 0.348. The Balaban J connectivity index is 3.44. The summed E-state index contributed by atoms with van der Waals surface area (Å²) in [5.74, 6) is -1.12. The Kier molecular flexibility index (Phi) is 2.55. The fourth-order valence-electron chi connectivity index (χ4n) is 1.11. The Bertz CT molecular complexity index is 483. The highest BCUT2D eigenvalue weighted by Gasteiger charge is 2.08. The zero-order valence-corrected chi connectivity index (χ0v) is 7.85. The third-order valence-corrected chi connectivity index (χ3v) is 1.90. The number of aromatic nitrogens is 2. The maximum absolute atomic E-state index is 11.4. The fraction of sp³-hybridized carbons (Fsp3) is 0.375. The standard InChI is InChI=1S/C8H10N2O4/c1-5-3-6(11)9(2)8(14)10(5)4-7(12)13/h3H,4H2,1-2H3,(H,12,13). The van der Waals surface area contributed by atoms with Crippen molar-refractivity contribution in [2.75, 3.05) is 0 Å². The van der Waals surface area contributed by atoms with Crippen LogP contribution in [0.4, 0.5) is 0 Å². The molecule has 0 aliphatic heterocycles. The van der Waals surface area contributed by atoms with Gasteiger partial charge in [-0.1, -0.05) is 0 Å². The molecule has 0 saturated carbocycles. The number of carbonyl (C=O) groups is 1. The molecule has 0 spiro atoms. The molecule has 14 heavy (non-hydrogen) atoms. The largest absolute Gasteiger partial charge is 0.480 e. The molecular weight excluding hydrogens is 188 g/mol. The molecule has 6 heteroatoms. The summed E-state index contributed by atoms with van der Waals surface area (Å²) in [6.07, 6.45) is 0. The normalized spacial score (nSPS) is 10.1. The maximum atomic E-state index is 11.4. The molecule has 0 amide bonds. The molecule has 1 N–H and O–H groups in total. The summed E-state index contributed by atoms with van der Waals surface area (Å²) in [6.45, 7) is 1.09. The average Bonchev–Trinajstić information content (AvgIpc) is 2.09. The molecule has 0 aliphatic rings. The number of carboxylic acids is 1. The van der Waals surface area contributed by atoms with Gasteiger partial charge in [-0.15, -0.1) is 0 Å². The van der Waals surface area contributed by atoms with Gasteiger partial charge in [0.15, 0.2) is 0 Å². The molecule has 1 rings (SSSR count). The SMILES string of the molecule is Cc1cc(=O)n(C)c(=O)n1CC(=O)O. The molecule has 0 unspecified atom stereocenters. The summed E-state index contributed by atoms with van der Waals surface area (Å²) in [6, 6.07) is 1.23. The van der Waals surface area contributed by atoms with Gasteiger partial charge in [0.25, 0.3) is 5.56 Å². The van der Waals surface area contributed by atoms with Crippen molar-refractivity contribution in [3.8, 4) is 0 Å². The second-order valence-electron chi connectivity index (χ2n) is 2.95. The van der Waals surface area contributed by atoms with E-state index in [1.54, 1.807) is 0 Å². The first-order chi connectivity index (χ1) is 6.43. The van der Waals surface area contributed by atoms with Gasteiger partial charge in [-0.25, -0.2) is 4.79 Å². The van der Waals surface area contributed by atoms with Gasteiger partial charge >= 0.3 is 11.7 Å². The minimum Gasteiger partial charge on any atom is -0.480 e. The van der Waals surface area contributed by atoms with Crippen molar-refractivity contribution < 1.29 is 9.90 Å². The lowest BCUT2D eigenvalue weighted by molar-refractivity contribution is -0.137. The average molecular weight is 198 g/mol. The molecule has 0 atom stereocenters. The number of hydrogen-bond acceptors (Lipinski definition) is 3. The molecular formula is C8H10N2O4. The molecule has 1 aromatic rings. The Labute approximate surface area is 79.0 Å². The summed E-state index contributed by atoms with van der Waals surface area (Å²) in [5, 5.41) is 8.53. The van der Waals surface area contributed by atoms with Gasteiger partial charge in [0, 0.05) is 18.8 Å². The van der Waals surface area contributed by atoms with E-state index < -0.39 is 23.8 Å². The lowest BCUT2D eigenvalue weighted by atomic mass is 10.4. The Morgan fingerprint density at radius 2 is 2.07 bits per heavy atom. The number of rotatable bonds is 2. The fourth-order valence-corrected chi connectivity index (χ4v) is 1.11. The van der Waals surface area contributed by atoms with Crippen LogP contribution in [0, 0.1) is 6.92 Å². The van der Waals surface area contributed by atoms with E-state index >= 15 is 0 Å². The van der Waals surface area contributed by atoms with Crippen molar-refractivity contribution in [2.24, 2.45) is 7.05 Å². The molecule has 0 aromatic carbocycles. The summed E-state index contributed by atoms with van der Waals surface area (Å²) >= 11 is 0. The number of aliphatic carboxylic acids is 1. The van der Waals surface area contributed by atoms with Gasteiger partial charge in [-0.05, 0) is 6.92 Å². The molecule has 6 nitrogen and oxygen atoms in total. The molecule has 76 valence electrons. The van der Waals surface area contributed by atoms with Crippen LogP contribution in [-0.2, 0) is 18.4 Å². The summed E-state index contributed by atoms with van der Waals surface area (Å²) in [7, 11) is 1.31. The van der Waals surface area contributed by atoms with Crippen LogP contribution < -0.4 is 11.2 Å². The van der Waals surface area contributed by atoms with Gasteiger partial charge in [-0.3, -0.25) is 18.7 Å².